The lowest BCUT2D eigenvalue weighted by atomic mass is 10.2. The van der Waals surface area contributed by atoms with Crippen LogP contribution < -0.4 is 10.0 Å². The highest BCUT2D eigenvalue weighted by Gasteiger charge is 2.31. The van der Waals surface area contributed by atoms with E-state index in [1.807, 2.05) is 0 Å². The predicted octanol–water partition coefficient (Wildman–Crippen LogP) is 0.846. The van der Waals surface area contributed by atoms with E-state index in [1.54, 1.807) is 20.8 Å². The standard InChI is InChI=1S/C10H22N2O2S/c1-10(2,3)15(13,14)12-9-6-4-5-7-11-8-9/h9,11-12H,4-8H2,1-3H3. The van der Waals surface area contributed by atoms with Gasteiger partial charge < -0.3 is 5.32 Å². The smallest absolute Gasteiger partial charge is 0.216 e. The Labute approximate surface area is 92.9 Å². The van der Waals surface area contributed by atoms with Crippen LogP contribution in [0.3, 0.4) is 0 Å². The normalized spacial score (nSPS) is 24.9. The average molecular weight is 234 g/mol. The highest BCUT2D eigenvalue weighted by atomic mass is 32.2. The van der Waals surface area contributed by atoms with Gasteiger partial charge in [-0.05, 0) is 40.2 Å². The second kappa shape index (κ2) is 4.80. The molecule has 0 radical (unpaired) electrons. The zero-order valence-corrected chi connectivity index (χ0v) is 10.7. The fourth-order valence-corrected chi connectivity index (χ4v) is 2.51. The molecule has 0 aliphatic carbocycles. The quantitative estimate of drug-likeness (QED) is 0.744. The van der Waals surface area contributed by atoms with E-state index >= 15 is 0 Å². The molecule has 1 fully saturated rings. The number of nitrogens with one attached hydrogen (secondary N) is 2. The van der Waals surface area contributed by atoms with Gasteiger partial charge in [0.25, 0.3) is 0 Å². The highest BCUT2D eigenvalue weighted by Crippen LogP contribution is 2.15. The Kier molecular flexibility index (Phi) is 4.14. The van der Waals surface area contributed by atoms with E-state index in [0.29, 0.717) is 0 Å². The Morgan fingerprint density at radius 1 is 1.27 bits per heavy atom. The van der Waals surface area contributed by atoms with Crippen molar-refractivity contribution < 1.29 is 8.42 Å². The monoisotopic (exact) mass is 234 g/mol. The minimum atomic E-state index is -3.20. The molecule has 1 heterocycles. The zero-order valence-electron chi connectivity index (χ0n) is 9.84. The molecule has 0 aromatic heterocycles. The number of hydrogen-bond donors (Lipinski definition) is 2. The third kappa shape index (κ3) is 3.74. The molecule has 90 valence electrons. The summed E-state index contributed by atoms with van der Waals surface area (Å²) in [6, 6.07) is 0.0525. The van der Waals surface area contributed by atoms with Gasteiger partial charge in [-0.25, -0.2) is 13.1 Å². The van der Waals surface area contributed by atoms with Gasteiger partial charge in [0, 0.05) is 12.6 Å². The van der Waals surface area contributed by atoms with Crippen molar-refractivity contribution in [2.24, 2.45) is 0 Å². The van der Waals surface area contributed by atoms with E-state index in [9.17, 15) is 8.42 Å². The second-order valence-electron chi connectivity index (χ2n) is 5.13. The molecular formula is C10H22N2O2S. The van der Waals surface area contributed by atoms with E-state index in [1.165, 1.54) is 0 Å². The summed E-state index contributed by atoms with van der Waals surface area (Å²) in [5.74, 6) is 0. The predicted molar refractivity (Wildman–Crippen MR) is 62.3 cm³/mol. The molecule has 0 aromatic carbocycles. The first-order valence-electron chi connectivity index (χ1n) is 5.55. The largest absolute Gasteiger partial charge is 0.315 e. The van der Waals surface area contributed by atoms with Crippen molar-refractivity contribution in [2.75, 3.05) is 13.1 Å². The van der Waals surface area contributed by atoms with Crippen LogP contribution in [0.5, 0.6) is 0 Å². The topological polar surface area (TPSA) is 58.2 Å². The third-order valence-corrected chi connectivity index (χ3v) is 4.93. The maximum Gasteiger partial charge on any atom is 0.216 e. The summed E-state index contributed by atoms with van der Waals surface area (Å²) in [6.07, 6.45) is 3.15. The Morgan fingerprint density at radius 3 is 2.53 bits per heavy atom. The fraction of sp³-hybridized carbons (Fsp3) is 1.00. The van der Waals surface area contributed by atoms with E-state index in [4.69, 9.17) is 0 Å². The maximum absolute atomic E-state index is 11.9. The molecule has 4 nitrogen and oxygen atoms in total. The average Bonchev–Trinajstić information content (AvgIpc) is 2.30. The lowest BCUT2D eigenvalue weighted by Crippen LogP contribution is -2.47. The van der Waals surface area contributed by atoms with Crippen molar-refractivity contribution in [3.8, 4) is 0 Å². The summed E-state index contributed by atoms with van der Waals surface area (Å²) in [5, 5.41) is 3.24. The van der Waals surface area contributed by atoms with Crippen molar-refractivity contribution in [1.82, 2.24) is 10.0 Å². The Morgan fingerprint density at radius 2 is 1.93 bits per heavy atom. The van der Waals surface area contributed by atoms with Crippen LogP contribution >= 0.6 is 0 Å². The van der Waals surface area contributed by atoms with Gasteiger partial charge in [-0.2, -0.15) is 0 Å². The molecule has 0 bridgehead atoms. The summed E-state index contributed by atoms with van der Waals surface area (Å²) in [7, 11) is -3.20. The SMILES string of the molecule is CC(C)(C)S(=O)(=O)NC1CCCCNC1. The second-order valence-corrected chi connectivity index (χ2v) is 7.60. The zero-order chi connectivity index (χ0) is 11.5. The van der Waals surface area contributed by atoms with Crippen LogP contribution in [0, 0.1) is 0 Å². The lowest BCUT2D eigenvalue weighted by molar-refractivity contribution is 0.500. The van der Waals surface area contributed by atoms with Crippen LogP contribution in [0.2, 0.25) is 0 Å². The van der Waals surface area contributed by atoms with Crippen molar-refractivity contribution in [3.63, 3.8) is 0 Å². The van der Waals surface area contributed by atoms with E-state index in [2.05, 4.69) is 10.0 Å². The van der Waals surface area contributed by atoms with Crippen molar-refractivity contribution >= 4 is 10.0 Å². The van der Waals surface area contributed by atoms with E-state index < -0.39 is 14.8 Å². The summed E-state index contributed by atoms with van der Waals surface area (Å²) in [4.78, 5) is 0. The van der Waals surface area contributed by atoms with Crippen molar-refractivity contribution in [3.05, 3.63) is 0 Å². The molecule has 5 heteroatoms. The van der Waals surface area contributed by atoms with Gasteiger partial charge in [-0.15, -0.1) is 0 Å². The Hall–Kier alpha value is -0.130. The molecule has 1 atom stereocenters. The van der Waals surface area contributed by atoms with Crippen LogP contribution in [0.15, 0.2) is 0 Å². The molecule has 0 amide bonds. The first-order valence-corrected chi connectivity index (χ1v) is 7.04. The molecule has 15 heavy (non-hydrogen) atoms. The molecule has 1 saturated heterocycles. The molecule has 1 aliphatic heterocycles. The number of hydrogen-bond acceptors (Lipinski definition) is 3. The van der Waals surface area contributed by atoms with Gasteiger partial charge in [-0.3, -0.25) is 0 Å². The van der Waals surface area contributed by atoms with E-state index in [-0.39, 0.29) is 6.04 Å². The molecule has 1 rings (SSSR count). The Balaban J connectivity index is 2.60. The summed E-state index contributed by atoms with van der Waals surface area (Å²) < 4.78 is 25.8. The van der Waals surface area contributed by atoms with Gasteiger partial charge in [0.1, 0.15) is 0 Å². The number of sulfonamides is 1. The fourth-order valence-electron chi connectivity index (χ4n) is 1.52. The minimum absolute atomic E-state index is 0.0525. The van der Waals surface area contributed by atoms with E-state index in [0.717, 1.165) is 32.4 Å². The van der Waals surface area contributed by atoms with Crippen molar-refractivity contribution in [1.29, 1.82) is 0 Å². The van der Waals surface area contributed by atoms with Crippen LogP contribution in [-0.4, -0.2) is 32.3 Å². The van der Waals surface area contributed by atoms with Gasteiger partial charge in [-0.1, -0.05) is 6.42 Å². The summed E-state index contributed by atoms with van der Waals surface area (Å²) in [5.41, 5.74) is 0. The molecule has 2 N–H and O–H groups in total. The first-order chi connectivity index (χ1) is 6.83. The van der Waals surface area contributed by atoms with Gasteiger partial charge >= 0.3 is 0 Å². The first kappa shape index (κ1) is 12.9. The third-order valence-electron chi connectivity index (χ3n) is 2.67. The molecule has 1 unspecified atom stereocenters. The molecular weight excluding hydrogens is 212 g/mol. The maximum atomic E-state index is 11.9. The molecule has 1 aliphatic rings. The summed E-state index contributed by atoms with van der Waals surface area (Å²) in [6.45, 7) is 6.90. The highest BCUT2D eigenvalue weighted by molar-refractivity contribution is 7.90. The summed E-state index contributed by atoms with van der Waals surface area (Å²) >= 11 is 0. The van der Waals surface area contributed by atoms with Crippen molar-refractivity contribution in [2.45, 2.75) is 50.8 Å². The van der Waals surface area contributed by atoms with Crippen LogP contribution in [0.1, 0.15) is 40.0 Å². The molecule has 0 spiro atoms. The van der Waals surface area contributed by atoms with Gasteiger partial charge in [0.2, 0.25) is 10.0 Å². The van der Waals surface area contributed by atoms with Crippen LogP contribution in [0.25, 0.3) is 0 Å². The van der Waals surface area contributed by atoms with Crippen LogP contribution in [-0.2, 0) is 10.0 Å². The molecule has 0 aromatic rings. The van der Waals surface area contributed by atoms with Gasteiger partial charge in [0.15, 0.2) is 0 Å². The Bertz CT molecular complexity index is 285. The van der Waals surface area contributed by atoms with Gasteiger partial charge in [0.05, 0.1) is 4.75 Å². The van der Waals surface area contributed by atoms with Crippen LogP contribution in [0.4, 0.5) is 0 Å². The lowest BCUT2D eigenvalue weighted by Gasteiger charge is -2.24. The minimum Gasteiger partial charge on any atom is -0.315 e. The molecule has 0 saturated carbocycles. The number of rotatable bonds is 2.